The van der Waals surface area contributed by atoms with Gasteiger partial charge in [0.15, 0.2) is 0 Å². The molecule has 1 aliphatic rings. The number of rotatable bonds is 3. The van der Waals surface area contributed by atoms with Gasteiger partial charge in [0.25, 0.3) is 5.91 Å². The number of amides is 1. The summed E-state index contributed by atoms with van der Waals surface area (Å²) in [5, 5.41) is 3.91. The van der Waals surface area contributed by atoms with E-state index < -0.39 is 10.0 Å². The van der Waals surface area contributed by atoms with Gasteiger partial charge in [0, 0.05) is 51.8 Å². The first-order valence-corrected chi connectivity index (χ1v) is 8.97. The number of nitrogens with zero attached hydrogens (tertiary/aromatic N) is 6. The highest BCUT2D eigenvalue weighted by Gasteiger charge is 2.29. The lowest BCUT2D eigenvalue weighted by Crippen LogP contribution is -2.37. The van der Waals surface area contributed by atoms with E-state index in [0.717, 1.165) is 0 Å². The van der Waals surface area contributed by atoms with Crippen molar-refractivity contribution in [1.29, 1.82) is 0 Å². The van der Waals surface area contributed by atoms with Gasteiger partial charge < -0.3 is 4.90 Å². The van der Waals surface area contributed by atoms with E-state index in [1.165, 1.54) is 33.8 Å². The molecule has 0 aliphatic carbocycles. The lowest BCUT2D eigenvalue weighted by atomic mass is 10.3. The fraction of sp³-hybridized carbons (Fsp3) is 0.429. The molecule has 0 bridgehead atoms. The Morgan fingerprint density at radius 1 is 1.12 bits per heavy atom. The van der Waals surface area contributed by atoms with Gasteiger partial charge in [0.05, 0.1) is 6.20 Å². The minimum atomic E-state index is -3.60. The topological polar surface area (TPSA) is 101 Å². The summed E-state index contributed by atoms with van der Waals surface area (Å²) in [4.78, 5) is 22.1. The first-order valence-electron chi connectivity index (χ1n) is 7.53. The van der Waals surface area contributed by atoms with E-state index in [-0.39, 0.29) is 23.2 Å². The van der Waals surface area contributed by atoms with Gasteiger partial charge in [-0.1, -0.05) is 0 Å². The molecule has 2 aromatic rings. The molecule has 0 saturated carbocycles. The van der Waals surface area contributed by atoms with Gasteiger partial charge in [-0.2, -0.15) is 9.40 Å². The van der Waals surface area contributed by atoms with E-state index in [9.17, 15) is 13.2 Å². The summed E-state index contributed by atoms with van der Waals surface area (Å²) in [6, 6.07) is 1.64. The van der Waals surface area contributed by atoms with Crippen LogP contribution in [0.3, 0.4) is 0 Å². The SMILES string of the molecule is Cn1cc(S(=O)(=O)N2CCCN(C(=O)c3ncccn3)CC2)cn1. The van der Waals surface area contributed by atoms with Crippen molar-refractivity contribution in [1.82, 2.24) is 29.0 Å². The third kappa shape index (κ3) is 3.29. The van der Waals surface area contributed by atoms with Crippen LogP contribution in [0.25, 0.3) is 0 Å². The van der Waals surface area contributed by atoms with Gasteiger partial charge in [0.1, 0.15) is 4.90 Å². The smallest absolute Gasteiger partial charge is 0.291 e. The van der Waals surface area contributed by atoms with Crippen LogP contribution in [0.15, 0.2) is 35.7 Å². The molecular formula is C14H18N6O3S. The van der Waals surface area contributed by atoms with Gasteiger partial charge in [-0.15, -0.1) is 0 Å². The van der Waals surface area contributed by atoms with E-state index >= 15 is 0 Å². The Morgan fingerprint density at radius 3 is 2.54 bits per heavy atom. The second-order valence-corrected chi connectivity index (χ2v) is 7.41. The molecule has 10 heteroatoms. The van der Waals surface area contributed by atoms with Crippen molar-refractivity contribution in [2.75, 3.05) is 26.2 Å². The Hall–Kier alpha value is -2.33. The molecule has 128 valence electrons. The summed E-state index contributed by atoms with van der Waals surface area (Å²) in [6.45, 7) is 1.36. The molecule has 1 aliphatic heterocycles. The summed E-state index contributed by atoms with van der Waals surface area (Å²) in [7, 11) is -1.93. The van der Waals surface area contributed by atoms with Crippen molar-refractivity contribution in [2.24, 2.45) is 7.05 Å². The third-order valence-corrected chi connectivity index (χ3v) is 5.67. The van der Waals surface area contributed by atoms with Gasteiger partial charge >= 0.3 is 0 Å². The van der Waals surface area contributed by atoms with Crippen LogP contribution in [0, 0.1) is 0 Å². The predicted molar refractivity (Wildman–Crippen MR) is 84.5 cm³/mol. The van der Waals surface area contributed by atoms with Crippen molar-refractivity contribution < 1.29 is 13.2 Å². The average Bonchev–Trinajstić information content (AvgIpc) is 2.88. The molecule has 3 heterocycles. The highest BCUT2D eigenvalue weighted by Crippen LogP contribution is 2.17. The zero-order valence-corrected chi connectivity index (χ0v) is 14.1. The monoisotopic (exact) mass is 350 g/mol. The number of hydrogen-bond acceptors (Lipinski definition) is 6. The number of hydrogen-bond donors (Lipinski definition) is 0. The summed E-state index contributed by atoms with van der Waals surface area (Å²) in [6.07, 6.45) is 6.38. The van der Waals surface area contributed by atoms with Crippen molar-refractivity contribution in [3.8, 4) is 0 Å². The first-order chi connectivity index (χ1) is 11.5. The minimum Gasteiger partial charge on any atom is -0.335 e. The average molecular weight is 350 g/mol. The number of carbonyl (C=O) groups is 1. The lowest BCUT2D eigenvalue weighted by Gasteiger charge is -2.20. The van der Waals surface area contributed by atoms with Crippen molar-refractivity contribution in [2.45, 2.75) is 11.3 Å². The molecule has 0 unspecified atom stereocenters. The maximum atomic E-state index is 12.6. The second-order valence-electron chi connectivity index (χ2n) is 5.47. The summed E-state index contributed by atoms with van der Waals surface area (Å²) < 4.78 is 28.1. The van der Waals surface area contributed by atoms with Crippen molar-refractivity contribution in [3.05, 3.63) is 36.7 Å². The Balaban J connectivity index is 1.72. The van der Waals surface area contributed by atoms with Crippen LogP contribution in [0.1, 0.15) is 17.0 Å². The molecule has 1 fully saturated rings. The van der Waals surface area contributed by atoms with Crippen molar-refractivity contribution >= 4 is 15.9 Å². The van der Waals surface area contributed by atoms with Crippen LogP contribution in [-0.2, 0) is 17.1 Å². The standard InChI is InChI=1S/C14H18N6O3S/c1-18-11-12(10-17-18)24(22,23)20-7-3-6-19(8-9-20)14(21)13-15-4-2-5-16-13/h2,4-5,10-11H,3,6-9H2,1H3. The molecule has 0 aromatic carbocycles. The van der Waals surface area contributed by atoms with Gasteiger partial charge in [0.2, 0.25) is 15.8 Å². The van der Waals surface area contributed by atoms with Crippen LogP contribution >= 0.6 is 0 Å². The van der Waals surface area contributed by atoms with E-state index in [4.69, 9.17) is 0 Å². The molecular weight excluding hydrogens is 332 g/mol. The number of aromatic nitrogens is 4. The molecule has 9 nitrogen and oxygen atoms in total. The molecule has 0 radical (unpaired) electrons. The third-order valence-electron chi connectivity index (χ3n) is 3.82. The van der Waals surface area contributed by atoms with Gasteiger partial charge in [-0.25, -0.2) is 18.4 Å². The Kier molecular flexibility index (Phi) is 4.58. The van der Waals surface area contributed by atoms with Gasteiger partial charge in [-0.3, -0.25) is 9.48 Å². The molecule has 3 rings (SSSR count). The lowest BCUT2D eigenvalue weighted by molar-refractivity contribution is 0.0752. The Morgan fingerprint density at radius 2 is 1.88 bits per heavy atom. The first kappa shape index (κ1) is 16.5. The molecule has 1 amide bonds. The van der Waals surface area contributed by atoms with E-state index in [0.29, 0.717) is 26.1 Å². The number of carbonyl (C=O) groups excluding carboxylic acids is 1. The Labute approximate surface area is 140 Å². The zero-order valence-electron chi connectivity index (χ0n) is 13.2. The summed E-state index contributed by atoms with van der Waals surface area (Å²) in [5.41, 5.74) is 0. The highest BCUT2D eigenvalue weighted by molar-refractivity contribution is 7.89. The quantitative estimate of drug-likeness (QED) is 0.756. The summed E-state index contributed by atoms with van der Waals surface area (Å²) in [5.74, 6) is -0.155. The van der Waals surface area contributed by atoms with Crippen LogP contribution in [0.2, 0.25) is 0 Å². The molecule has 0 atom stereocenters. The van der Waals surface area contributed by atoms with Crippen LogP contribution in [0.4, 0.5) is 0 Å². The van der Waals surface area contributed by atoms with E-state index in [1.807, 2.05) is 0 Å². The second kappa shape index (κ2) is 6.65. The van der Waals surface area contributed by atoms with E-state index in [2.05, 4.69) is 15.1 Å². The zero-order chi connectivity index (χ0) is 17.2. The predicted octanol–water partition coefficient (Wildman–Crippen LogP) is -0.253. The van der Waals surface area contributed by atoms with Gasteiger partial charge in [-0.05, 0) is 12.5 Å². The Bertz CT molecular complexity index is 820. The maximum Gasteiger partial charge on any atom is 0.291 e. The summed E-state index contributed by atoms with van der Waals surface area (Å²) >= 11 is 0. The highest BCUT2D eigenvalue weighted by atomic mass is 32.2. The van der Waals surface area contributed by atoms with Crippen LogP contribution in [-0.4, -0.2) is 69.5 Å². The largest absolute Gasteiger partial charge is 0.335 e. The van der Waals surface area contributed by atoms with Crippen molar-refractivity contribution in [3.63, 3.8) is 0 Å². The van der Waals surface area contributed by atoms with Crippen LogP contribution < -0.4 is 0 Å². The van der Waals surface area contributed by atoms with Crippen LogP contribution in [0.5, 0.6) is 0 Å². The molecule has 1 saturated heterocycles. The maximum absolute atomic E-state index is 12.6. The molecule has 0 N–H and O–H groups in total. The fourth-order valence-corrected chi connectivity index (χ4v) is 4.02. The fourth-order valence-electron chi connectivity index (χ4n) is 2.57. The molecule has 24 heavy (non-hydrogen) atoms. The minimum absolute atomic E-state index is 0.126. The number of sulfonamides is 1. The molecule has 0 spiro atoms. The number of aryl methyl sites for hydroxylation is 1. The van der Waals surface area contributed by atoms with E-state index in [1.54, 1.807) is 18.0 Å². The normalized spacial score (nSPS) is 16.8. The molecule has 2 aromatic heterocycles.